The fourth-order valence-corrected chi connectivity index (χ4v) is 2.68. The summed E-state index contributed by atoms with van der Waals surface area (Å²) < 4.78 is 0. The van der Waals surface area contributed by atoms with Crippen molar-refractivity contribution in [3.05, 3.63) is 38.9 Å². The molecule has 1 heterocycles. The molecule has 1 saturated heterocycles. The summed E-state index contributed by atoms with van der Waals surface area (Å²) in [6.07, 6.45) is 1.86. The smallest absolute Gasteiger partial charge is 0.269 e. The van der Waals surface area contributed by atoms with Crippen molar-refractivity contribution in [2.24, 2.45) is 5.92 Å². The van der Waals surface area contributed by atoms with Crippen molar-refractivity contribution in [3.63, 3.8) is 0 Å². The summed E-state index contributed by atoms with van der Waals surface area (Å²) in [6, 6.07) is 4.28. The summed E-state index contributed by atoms with van der Waals surface area (Å²) in [6.45, 7) is 1.91. The third kappa shape index (κ3) is 3.92. The van der Waals surface area contributed by atoms with E-state index in [9.17, 15) is 14.9 Å². The van der Waals surface area contributed by atoms with Crippen LogP contribution in [0.2, 0.25) is 5.02 Å². The molecular weight excluding hydrogens is 294 g/mol. The fourth-order valence-electron chi connectivity index (χ4n) is 2.50. The zero-order valence-electron chi connectivity index (χ0n) is 11.8. The highest BCUT2D eigenvalue weighted by molar-refractivity contribution is 6.31. The molecule has 1 N–H and O–H groups in total. The second kappa shape index (κ2) is 6.87. The van der Waals surface area contributed by atoms with Crippen LogP contribution >= 0.6 is 11.6 Å². The Kier molecular flexibility index (Phi) is 5.14. The van der Waals surface area contributed by atoms with Gasteiger partial charge < -0.3 is 10.2 Å². The molecule has 0 spiro atoms. The van der Waals surface area contributed by atoms with Crippen molar-refractivity contribution in [1.82, 2.24) is 10.2 Å². The van der Waals surface area contributed by atoms with Gasteiger partial charge in [-0.2, -0.15) is 0 Å². The molecule has 2 rings (SSSR count). The normalized spacial score (nSPS) is 18.3. The van der Waals surface area contributed by atoms with Crippen LogP contribution in [0.3, 0.4) is 0 Å². The third-order valence-corrected chi connectivity index (χ3v) is 4.04. The number of amides is 1. The number of benzene rings is 1. The summed E-state index contributed by atoms with van der Waals surface area (Å²) in [5, 5.41) is 14.4. The molecule has 0 aliphatic carbocycles. The highest BCUT2D eigenvalue weighted by Gasteiger charge is 2.24. The zero-order valence-corrected chi connectivity index (χ0v) is 12.6. The van der Waals surface area contributed by atoms with E-state index in [0.29, 0.717) is 17.1 Å². The minimum Gasteiger partial charge on any atom is -0.341 e. The monoisotopic (exact) mass is 311 g/mol. The van der Waals surface area contributed by atoms with E-state index >= 15 is 0 Å². The van der Waals surface area contributed by atoms with E-state index in [0.717, 1.165) is 19.4 Å². The van der Waals surface area contributed by atoms with E-state index < -0.39 is 4.92 Å². The first kappa shape index (κ1) is 15.7. The Morgan fingerprint density at radius 3 is 2.95 bits per heavy atom. The van der Waals surface area contributed by atoms with Crippen LogP contribution in [0.4, 0.5) is 5.69 Å². The Morgan fingerprint density at radius 2 is 2.33 bits per heavy atom. The molecule has 1 aliphatic heterocycles. The van der Waals surface area contributed by atoms with Gasteiger partial charge in [0.25, 0.3) is 5.69 Å². The van der Waals surface area contributed by atoms with Gasteiger partial charge in [-0.1, -0.05) is 11.6 Å². The molecule has 1 unspecified atom stereocenters. The molecule has 1 aliphatic rings. The number of halogens is 1. The van der Waals surface area contributed by atoms with Crippen LogP contribution in [0, 0.1) is 16.0 Å². The van der Waals surface area contributed by atoms with Crippen molar-refractivity contribution < 1.29 is 9.72 Å². The van der Waals surface area contributed by atoms with Gasteiger partial charge in [0.05, 0.1) is 10.8 Å². The van der Waals surface area contributed by atoms with Crippen molar-refractivity contribution in [2.75, 3.05) is 20.1 Å². The number of carbonyl (C=O) groups excluding carboxylic acids is 1. The Hall–Kier alpha value is -1.66. The lowest BCUT2D eigenvalue weighted by Gasteiger charge is -2.27. The average Bonchev–Trinajstić information content (AvgIpc) is 2.49. The number of non-ortho nitro benzene ring substituents is 1. The molecule has 21 heavy (non-hydrogen) atoms. The predicted molar refractivity (Wildman–Crippen MR) is 80.2 cm³/mol. The lowest BCUT2D eigenvalue weighted by molar-refractivity contribution is -0.384. The van der Waals surface area contributed by atoms with Crippen LogP contribution in [0.1, 0.15) is 18.4 Å². The standard InChI is InChI=1S/C14H18ClN3O3/c1-17(14(19)10-3-2-6-16-8-10)9-11-7-12(18(20)21)4-5-13(11)15/h4-5,7,10,16H,2-3,6,8-9H2,1H3. The molecule has 0 radical (unpaired) electrons. The van der Waals surface area contributed by atoms with E-state index in [1.807, 2.05) is 0 Å². The minimum absolute atomic E-state index is 0.0189. The lowest BCUT2D eigenvalue weighted by Crippen LogP contribution is -2.41. The maximum absolute atomic E-state index is 12.3. The summed E-state index contributed by atoms with van der Waals surface area (Å²) in [7, 11) is 1.70. The van der Waals surface area contributed by atoms with Crippen LogP contribution < -0.4 is 5.32 Å². The Labute approximate surface area is 128 Å². The van der Waals surface area contributed by atoms with Crippen LogP contribution in [-0.4, -0.2) is 35.9 Å². The highest BCUT2D eigenvalue weighted by Crippen LogP contribution is 2.24. The second-order valence-corrected chi connectivity index (χ2v) is 5.68. The second-order valence-electron chi connectivity index (χ2n) is 5.27. The maximum Gasteiger partial charge on any atom is 0.269 e. The Bertz CT molecular complexity index is 544. The summed E-state index contributed by atoms with van der Waals surface area (Å²) in [4.78, 5) is 24.3. The number of nitro groups is 1. The number of hydrogen-bond acceptors (Lipinski definition) is 4. The van der Waals surface area contributed by atoms with Crippen LogP contribution in [0.25, 0.3) is 0 Å². The van der Waals surface area contributed by atoms with Gasteiger partial charge in [-0.25, -0.2) is 0 Å². The molecule has 1 atom stereocenters. The molecule has 114 valence electrons. The molecular formula is C14H18ClN3O3. The fraction of sp³-hybridized carbons (Fsp3) is 0.500. The van der Waals surface area contributed by atoms with E-state index in [1.54, 1.807) is 11.9 Å². The van der Waals surface area contributed by atoms with Gasteiger partial charge in [0.1, 0.15) is 0 Å². The number of piperidine rings is 1. The van der Waals surface area contributed by atoms with Gasteiger partial charge in [-0.05, 0) is 31.0 Å². The quantitative estimate of drug-likeness (QED) is 0.683. The average molecular weight is 312 g/mol. The van der Waals surface area contributed by atoms with Gasteiger partial charge in [-0.3, -0.25) is 14.9 Å². The molecule has 1 aromatic rings. The number of rotatable bonds is 4. The lowest BCUT2D eigenvalue weighted by atomic mass is 9.98. The van der Waals surface area contributed by atoms with Crippen molar-refractivity contribution >= 4 is 23.2 Å². The van der Waals surface area contributed by atoms with Crippen molar-refractivity contribution in [2.45, 2.75) is 19.4 Å². The van der Waals surface area contributed by atoms with Gasteiger partial charge in [0.15, 0.2) is 0 Å². The summed E-state index contributed by atoms with van der Waals surface area (Å²) in [5.74, 6) is 0.0194. The van der Waals surface area contributed by atoms with Gasteiger partial charge in [0.2, 0.25) is 5.91 Å². The van der Waals surface area contributed by atoms with Gasteiger partial charge >= 0.3 is 0 Å². The molecule has 1 amide bonds. The third-order valence-electron chi connectivity index (χ3n) is 3.67. The van der Waals surface area contributed by atoms with E-state index in [-0.39, 0.29) is 24.1 Å². The van der Waals surface area contributed by atoms with Crippen molar-refractivity contribution in [3.8, 4) is 0 Å². The SMILES string of the molecule is CN(Cc1cc([N+](=O)[O-])ccc1Cl)C(=O)C1CCCNC1. The molecule has 1 aromatic carbocycles. The van der Waals surface area contributed by atoms with Crippen LogP contribution in [0.15, 0.2) is 18.2 Å². The number of hydrogen-bond donors (Lipinski definition) is 1. The number of carbonyl (C=O) groups is 1. The first-order valence-corrected chi connectivity index (χ1v) is 7.25. The Balaban J connectivity index is 2.07. The first-order valence-electron chi connectivity index (χ1n) is 6.87. The zero-order chi connectivity index (χ0) is 15.4. The summed E-state index contributed by atoms with van der Waals surface area (Å²) in [5.41, 5.74) is 0.570. The molecule has 0 saturated carbocycles. The highest BCUT2D eigenvalue weighted by atomic mass is 35.5. The van der Waals surface area contributed by atoms with E-state index in [2.05, 4.69) is 5.32 Å². The largest absolute Gasteiger partial charge is 0.341 e. The molecule has 7 heteroatoms. The molecule has 1 fully saturated rings. The van der Waals surface area contributed by atoms with Crippen LogP contribution in [-0.2, 0) is 11.3 Å². The summed E-state index contributed by atoms with van der Waals surface area (Å²) >= 11 is 6.06. The molecule has 6 nitrogen and oxygen atoms in total. The van der Waals surface area contributed by atoms with E-state index in [4.69, 9.17) is 11.6 Å². The molecule has 0 bridgehead atoms. The van der Waals surface area contributed by atoms with Crippen molar-refractivity contribution in [1.29, 1.82) is 0 Å². The van der Waals surface area contributed by atoms with Gasteiger partial charge in [0, 0.05) is 37.3 Å². The maximum atomic E-state index is 12.3. The molecule has 0 aromatic heterocycles. The van der Waals surface area contributed by atoms with Crippen LogP contribution in [0.5, 0.6) is 0 Å². The topological polar surface area (TPSA) is 75.5 Å². The van der Waals surface area contributed by atoms with E-state index in [1.165, 1.54) is 18.2 Å². The predicted octanol–water partition coefficient (Wildman–Crippen LogP) is 2.21. The van der Waals surface area contributed by atoms with Gasteiger partial charge in [-0.15, -0.1) is 0 Å². The Morgan fingerprint density at radius 1 is 1.57 bits per heavy atom. The minimum atomic E-state index is -0.466. The number of nitrogens with one attached hydrogen (secondary N) is 1. The number of nitrogens with zero attached hydrogens (tertiary/aromatic N) is 2. The number of nitro benzene ring substituents is 1. The first-order chi connectivity index (χ1) is 9.99.